The first kappa shape index (κ1) is 18.9. The van der Waals surface area contributed by atoms with Crippen molar-refractivity contribution in [1.29, 1.82) is 0 Å². The maximum absolute atomic E-state index is 12.7. The maximum atomic E-state index is 12.7. The molecule has 4 nitrogen and oxygen atoms in total. The van der Waals surface area contributed by atoms with E-state index < -0.39 is 21.9 Å². The number of rotatable bonds is 6. The Hall–Kier alpha value is -2.92. The topological polar surface area (TPSA) is 60.4 Å². The SMILES string of the molecule is CS(=O)(=O)Cc1cccc(C(=O)OC(c2ccccc2)c2ccccc2)c1. The summed E-state index contributed by atoms with van der Waals surface area (Å²) in [6, 6.07) is 25.6. The molecule has 0 atom stereocenters. The van der Waals surface area contributed by atoms with E-state index in [0.29, 0.717) is 11.1 Å². The lowest BCUT2D eigenvalue weighted by atomic mass is 10.0. The number of carbonyl (C=O) groups is 1. The van der Waals surface area contributed by atoms with Crippen molar-refractivity contribution < 1.29 is 17.9 Å². The van der Waals surface area contributed by atoms with Crippen molar-refractivity contribution in [2.75, 3.05) is 6.26 Å². The zero-order valence-corrected chi connectivity index (χ0v) is 15.7. The fraction of sp³-hybridized carbons (Fsp3) is 0.136. The van der Waals surface area contributed by atoms with Crippen molar-refractivity contribution in [2.45, 2.75) is 11.9 Å². The van der Waals surface area contributed by atoms with E-state index in [1.165, 1.54) is 6.26 Å². The van der Waals surface area contributed by atoms with E-state index in [-0.39, 0.29) is 5.75 Å². The summed E-state index contributed by atoms with van der Waals surface area (Å²) in [5.41, 5.74) is 2.62. The standard InChI is InChI=1S/C22H20O4S/c1-27(24,25)16-17-9-8-14-20(15-17)22(23)26-21(18-10-4-2-5-11-18)19-12-6-3-7-13-19/h2-15,21H,16H2,1H3. The van der Waals surface area contributed by atoms with Crippen LogP contribution in [0.5, 0.6) is 0 Å². The van der Waals surface area contributed by atoms with Gasteiger partial charge < -0.3 is 4.74 Å². The largest absolute Gasteiger partial charge is 0.449 e. The summed E-state index contributed by atoms with van der Waals surface area (Å²) in [6.45, 7) is 0. The van der Waals surface area contributed by atoms with Crippen LogP contribution in [0.1, 0.15) is 33.2 Å². The van der Waals surface area contributed by atoms with E-state index in [2.05, 4.69) is 0 Å². The fourth-order valence-corrected chi connectivity index (χ4v) is 3.64. The Balaban J connectivity index is 1.88. The minimum Gasteiger partial charge on any atom is -0.449 e. The van der Waals surface area contributed by atoms with Gasteiger partial charge in [-0.15, -0.1) is 0 Å². The maximum Gasteiger partial charge on any atom is 0.339 e. The Morgan fingerprint density at radius 1 is 0.852 bits per heavy atom. The summed E-state index contributed by atoms with van der Waals surface area (Å²) in [6.07, 6.45) is 0.622. The Bertz CT molecular complexity index is 973. The molecular weight excluding hydrogens is 360 g/mol. The summed E-state index contributed by atoms with van der Waals surface area (Å²) in [5, 5.41) is 0. The summed E-state index contributed by atoms with van der Waals surface area (Å²) in [4.78, 5) is 12.7. The molecule has 0 radical (unpaired) electrons. The van der Waals surface area contributed by atoms with Crippen molar-refractivity contribution in [3.05, 3.63) is 107 Å². The highest BCUT2D eigenvalue weighted by Gasteiger charge is 2.20. The van der Waals surface area contributed by atoms with Gasteiger partial charge in [-0.1, -0.05) is 72.8 Å². The third-order valence-electron chi connectivity index (χ3n) is 4.02. The van der Waals surface area contributed by atoms with E-state index in [1.54, 1.807) is 24.3 Å². The third kappa shape index (κ3) is 5.28. The van der Waals surface area contributed by atoms with Crippen LogP contribution in [0.25, 0.3) is 0 Å². The molecule has 0 unspecified atom stereocenters. The predicted octanol–water partition coefficient (Wildman–Crippen LogP) is 4.18. The van der Waals surface area contributed by atoms with Gasteiger partial charge >= 0.3 is 5.97 Å². The number of benzene rings is 3. The molecule has 0 N–H and O–H groups in total. The van der Waals surface area contributed by atoms with Gasteiger partial charge in [-0.25, -0.2) is 13.2 Å². The van der Waals surface area contributed by atoms with Crippen LogP contribution in [-0.2, 0) is 20.3 Å². The van der Waals surface area contributed by atoms with Gasteiger partial charge in [0.1, 0.15) is 0 Å². The lowest BCUT2D eigenvalue weighted by Gasteiger charge is -2.19. The van der Waals surface area contributed by atoms with Crippen LogP contribution >= 0.6 is 0 Å². The van der Waals surface area contributed by atoms with Crippen molar-refractivity contribution >= 4 is 15.8 Å². The smallest absolute Gasteiger partial charge is 0.339 e. The number of esters is 1. The normalized spacial score (nSPS) is 11.3. The molecule has 138 valence electrons. The van der Waals surface area contributed by atoms with Gasteiger partial charge in [0.25, 0.3) is 0 Å². The molecule has 0 saturated carbocycles. The van der Waals surface area contributed by atoms with Gasteiger partial charge in [0.2, 0.25) is 0 Å². The van der Waals surface area contributed by atoms with Crippen molar-refractivity contribution in [2.24, 2.45) is 0 Å². The lowest BCUT2D eigenvalue weighted by molar-refractivity contribution is 0.0378. The first-order valence-electron chi connectivity index (χ1n) is 8.50. The number of hydrogen-bond donors (Lipinski definition) is 0. The molecule has 0 aliphatic heterocycles. The lowest BCUT2D eigenvalue weighted by Crippen LogP contribution is -2.13. The number of ether oxygens (including phenoxy) is 1. The summed E-state index contributed by atoms with van der Waals surface area (Å²) < 4.78 is 28.8. The Morgan fingerprint density at radius 2 is 1.41 bits per heavy atom. The van der Waals surface area contributed by atoms with Crippen LogP contribution in [0.4, 0.5) is 0 Å². The van der Waals surface area contributed by atoms with Crippen LogP contribution < -0.4 is 0 Å². The summed E-state index contributed by atoms with van der Waals surface area (Å²) in [7, 11) is -3.18. The number of sulfone groups is 1. The van der Waals surface area contributed by atoms with Gasteiger partial charge in [0, 0.05) is 6.26 Å². The van der Waals surface area contributed by atoms with E-state index in [0.717, 1.165) is 11.1 Å². The second-order valence-electron chi connectivity index (χ2n) is 6.38. The monoisotopic (exact) mass is 380 g/mol. The quantitative estimate of drug-likeness (QED) is 0.602. The van der Waals surface area contributed by atoms with Gasteiger partial charge in [-0.2, -0.15) is 0 Å². The fourth-order valence-electron chi connectivity index (χ4n) is 2.85. The molecule has 0 bridgehead atoms. The minimum atomic E-state index is -3.18. The molecule has 0 saturated heterocycles. The molecular formula is C22H20O4S. The molecule has 0 spiro atoms. The van der Waals surface area contributed by atoms with E-state index >= 15 is 0 Å². The van der Waals surface area contributed by atoms with Crippen molar-refractivity contribution in [3.8, 4) is 0 Å². The van der Waals surface area contributed by atoms with Crippen LogP contribution in [0.3, 0.4) is 0 Å². The number of hydrogen-bond acceptors (Lipinski definition) is 4. The predicted molar refractivity (Wildman–Crippen MR) is 105 cm³/mol. The highest BCUT2D eigenvalue weighted by Crippen LogP contribution is 2.27. The Morgan fingerprint density at radius 3 is 1.93 bits per heavy atom. The summed E-state index contributed by atoms with van der Waals surface area (Å²) >= 11 is 0. The van der Waals surface area contributed by atoms with Crippen LogP contribution in [0.15, 0.2) is 84.9 Å². The average Bonchev–Trinajstić information content (AvgIpc) is 2.66. The molecule has 3 rings (SSSR count). The average molecular weight is 380 g/mol. The molecule has 0 heterocycles. The van der Waals surface area contributed by atoms with Gasteiger partial charge in [-0.05, 0) is 28.8 Å². The van der Waals surface area contributed by atoms with Crippen LogP contribution in [0, 0.1) is 0 Å². The van der Waals surface area contributed by atoms with Crippen molar-refractivity contribution in [3.63, 3.8) is 0 Å². The first-order chi connectivity index (χ1) is 12.9. The number of carbonyl (C=O) groups excluding carboxylic acids is 1. The molecule has 27 heavy (non-hydrogen) atoms. The third-order valence-corrected chi connectivity index (χ3v) is 4.88. The second kappa shape index (κ2) is 8.18. The second-order valence-corrected chi connectivity index (χ2v) is 8.52. The Kier molecular flexibility index (Phi) is 5.72. The van der Waals surface area contributed by atoms with Crippen LogP contribution in [0.2, 0.25) is 0 Å². The molecule has 0 aromatic heterocycles. The molecule has 0 aliphatic rings. The zero-order valence-electron chi connectivity index (χ0n) is 14.9. The molecule has 5 heteroatoms. The van der Waals surface area contributed by atoms with Gasteiger partial charge in [0.05, 0.1) is 11.3 Å². The Labute approximate surface area is 159 Å². The van der Waals surface area contributed by atoms with E-state index in [4.69, 9.17) is 4.74 Å². The zero-order chi connectivity index (χ0) is 19.3. The first-order valence-corrected chi connectivity index (χ1v) is 10.6. The van der Waals surface area contributed by atoms with Crippen molar-refractivity contribution in [1.82, 2.24) is 0 Å². The van der Waals surface area contributed by atoms with E-state index in [9.17, 15) is 13.2 Å². The molecule has 0 aliphatic carbocycles. The molecule has 3 aromatic carbocycles. The van der Waals surface area contributed by atoms with Gasteiger partial charge in [-0.3, -0.25) is 0 Å². The van der Waals surface area contributed by atoms with Gasteiger partial charge in [0.15, 0.2) is 15.9 Å². The minimum absolute atomic E-state index is 0.116. The van der Waals surface area contributed by atoms with Crippen LogP contribution in [-0.4, -0.2) is 20.6 Å². The molecule has 0 amide bonds. The summed E-state index contributed by atoms with van der Waals surface area (Å²) in [5.74, 6) is -0.613. The van der Waals surface area contributed by atoms with E-state index in [1.807, 2.05) is 60.7 Å². The molecule has 3 aromatic rings. The molecule has 0 fully saturated rings. The highest BCUT2D eigenvalue weighted by molar-refractivity contribution is 7.89. The highest BCUT2D eigenvalue weighted by atomic mass is 32.2.